The number of carbonyl (C=O) groups excluding carboxylic acids is 2. The van der Waals surface area contributed by atoms with Crippen LogP contribution in [0, 0.1) is 0 Å². The van der Waals surface area contributed by atoms with E-state index in [4.69, 9.17) is 27.9 Å². The molecule has 0 saturated carbocycles. The summed E-state index contributed by atoms with van der Waals surface area (Å²) >= 11 is 12.0. The summed E-state index contributed by atoms with van der Waals surface area (Å²) < 4.78 is 9.45. The van der Waals surface area contributed by atoms with Crippen molar-refractivity contribution in [2.75, 3.05) is 26.1 Å². The fraction of sp³-hybridized carbons (Fsp3) is 0.227. The number of hydrogen-bond acceptors (Lipinski definition) is 6. The van der Waals surface area contributed by atoms with Gasteiger partial charge in [0, 0.05) is 18.1 Å². The average molecular weight is 447 g/mol. The minimum atomic E-state index is -0.385. The number of hydrogen-bond donors (Lipinski definition) is 1. The summed E-state index contributed by atoms with van der Waals surface area (Å²) in [4.78, 5) is 27.1. The number of carbonyl (C=O) groups is 2. The number of fused-ring (bicyclic) bond motifs is 2. The summed E-state index contributed by atoms with van der Waals surface area (Å²) in [6, 6.07) is 12.5. The van der Waals surface area contributed by atoms with Crippen LogP contribution in [-0.2, 0) is 14.3 Å². The van der Waals surface area contributed by atoms with Crippen molar-refractivity contribution < 1.29 is 19.1 Å². The highest BCUT2D eigenvalue weighted by Gasteiger charge is 2.28. The number of esters is 2. The monoisotopic (exact) mass is 446 g/mol. The lowest BCUT2D eigenvalue weighted by atomic mass is 9.91. The summed E-state index contributed by atoms with van der Waals surface area (Å²) in [6.45, 7) is 0.747. The summed E-state index contributed by atoms with van der Waals surface area (Å²) in [5, 5.41) is 5.09. The van der Waals surface area contributed by atoms with Crippen molar-refractivity contribution >= 4 is 51.7 Å². The van der Waals surface area contributed by atoms with Crippen molar-refractivity contribution in [1.29, 1.82) is 0 Å². The molecule has 6 nitrogen and oxygen atoms in total. The van der Waals surface area contributed by atoms with Crippen LogP contribution in [0.4, 0.5) is 5.69 Å². The molecule has 1 aliphatic heterocycles. The minimum absolute atomic E-state index is 0.190. The molecule has 0 spiro atoms. The summed E-state index contributed by atoms with van der Waals surface area (Å²) in [7, 11) is 2.76. The Balaban J connectivity index is 0.000000171. The number of methoxy groups -OCH3 is 2. The molecule has 0 bridgehead atoms. The Morgan fingerprint density at radius 1 is 1.03 bits per heavy atom. The molecule has 1 aliphatic rings. The van der Waals surface area contributed by atoms with Gasteiger partial charge in [0.05, 0.1) is 47.0 Å². The van der Waals surface area contributed by atoms with Gasteiger partial charge in [0.2, 0.25) is 0 Å². The molecule has 156 valence electrons. The predicted molar refractivity (Wildman–Crippen MR) is 117 cm³/mol. The molecule has 2 aromatic carbocycles. The highest BCUT2D eigenvalue weighted by Crippen LogP contribution is 2.36. The van der Waals surface area contributed by atoms with Gasteiger partial charge in [-0.15, -0.1) is 0 Å². The molecule has 8 heteroatoms. The third-order valence-corrected chi connectivity index (χ3v) is 5.39. The van der Waals surface area contributed by atoms with E-state index in [0.717, 1.165) is 24.2 Å². The maximum Gasteiger partial charge on any atom is 0.338 e. The van der Waals surface area contributed by atoms with Gasteiger partial charge in [-0.2, -0.15) is 0 Å². The van der Waals surface area contributed by atoms with Gasteiger partial charge in [-0.05, 0) is 30.2 Å². The quantitative estimate of drug-likeness (QED) is 0.552. The standard InChI is InChI=1S/C11H12ClNO2.C11H8ClNO2/c2*1-15-11(14)8-5-6-13-10-7(8)3-2-4-9(10)12/h2-4,8,13H,5-6H2,1H3;2-6H,1H3. The molecule has 4 rings (SSSR count). The van der Waals surface area contributed by atoms with E-state index >= 15 is 0 Å². The number of benzene rings is 2. The molecule has 1 unspecified atom stereocenters. The lowest BCUT2D eigenvalue weighted by Gasteiger charge is -2.25. The van der Waals surface area contributed by atoms with E-state index in [1.807, 2.05) is 18.2 Å². The van der Waals surface area contributed by atoms with E-state index in [1.165, 1.54) is 14.2 Å². The van der Waals surface area contributed by atoms with Gasteiger partial charge in [-0.3, -0.25) is 9.78 Å². The Labute approximate surface area is 184 Å². The topological polar surface area (TPSA) is 77.5 Å². The first kappa shape index (κ1) is 21.9. The molecule has 0 radical (unpaired) electrons. The molecule has 1 N–H and O–H groups in total. The van der Waals surface area contributed by atoms with Crippen molar-refractivity contribution in [3.63, 3.8) is 0 Å². The second-order valence-electron chi connectivity index (χ2n) is 6.48. The van der Waals surface area contributed by atoms with E-state index in [9.17, 15) is 9.59 Å². The third-order valence-electron chi connectivity index (χ3n) is 4.77. The van der Waals surface area contributed by atoms with Gasteiger partial charge < -0.3 is 14.8 Å². The molecule has 0 saturated heterocycles. The van der Waals surface area contributed by atoms with Gasteiger partial charge in [0.25, 0.3) is 0 Å². The van der Waals surface area contributed by atoms with Crippen LogP contribution in [0.5, 0.6) is 0 Å². The van der Waals surface area contributed by atoms with E-state index < -0.39 is 0 Å². The fourth-order valence-corrected chi connectivity index (χ4v) is 3.80. The molecule has 1 atom stereocenters. The summed E-state index contributed by atoms with van der Waals surface area (Å²) in [5.41, 5.74) is 2.88. The van der Waals surface area contributed by atoms with Crippen LogP contribution in [0.1, 0.15) is 28.3 Å². The molecule has 3 aromatic rings. The zero-order chi connectivity index (χ0) is 21.7. The number of nitrogens with zero attached hydrogens (tertiary/aromatic N) is 1. The van der Waals surface area contributed by atoms with Crippen molar-refractivity contribution in [2.45, 2.75) is 12.3 Å². The molecule has 30 heavy (non-hydrogen) atoms. The average Bonchev–Trinajstić information content (AvgIpc) is 2.78. The van der Waals surface area contributed by atoms with E-state index in [2.05, 4.69) is 15.0 Å². The number of ether oxygens (including phenoxy) is 2. The number of nitrogens with one attached hydrogen (secondary N) is 1. The van der Waals surface area contributed by atoms with Crippen LogP contribution in [0.3, 0.4) is 0 Å². The van der Waals surface area contributed by atoms with Gasteiger partial charge in [0.1, 0.15) is 0 Å². The first-order chi connectivity index (χ1) is 14.5. The van der Waals surface area contributed by atoms with Crippen LogP contribution >= 0.6 is 23.2 Å². The maximum atomic E-state index is 11.5. The normalized spacial score (nSPS) is 14.6. The smallest absolute Gasteiger partial charge is 0.338 e. The molecule has 2 heterocycles. The lowest BCUT2D eigenvalue weighted by molar-refractivity contribution is -0.142. The third kappa shape index (κ3) is 4.50. The number of para-hydroxylation sites is 2. The SMILES string of the molecule is COC(=O)C1CCNc2c(Cl)cccc21.COC(=O)c1ccnc2c(Cl)cccc12. The maximum absolute atomic E-state index is 11.5. The molecule has 0 fully saturated rings. The molecular weight excluding hydrogens is 427 g/mol. The Hall–Kier alpha value is -2.83. The molecular formula is C22H20Cl2N2O4. The van der Waals surface area contributed by atoms with Crippen LogP contribution in [0.15, 0.2) is 48.7 Å². The van der Waals surface area contributed by atoms with Crippen LogP contribution in [-0.4, -0.2) is 37.7 Å². The van der Waals surface area contributed by atoms with Crippen molar-refractivity contribution in [1.82, 2.24) is 4.98 Å². The Bertz CT molecular complexity index is 1090. The van der Waals surface area contributed by atoms with Crippen molar-refractivity contribution in [3.8, 4) is 0 Å². The van der Waals surface area contributed by atoms with Gasteiger partial charge >= 0.3 is 11.9 Å². The predicted octanol–water partition coefficient (Wildman–Crippen LogP) is 5.09. The molecule has 0 aliphatic carbocycles. The van der Waals surface area contributed by atoms with Crippen molar-refractivity contribution in [3.05, 3.63) is 69.8 Å². The van der Waals surface area contributed by atoms with Crippen LogP contribution in [0.25, 0.3) is 10.9 Å². The van der Waals surface area contributed by atoms with E-state index in [0.29, 0.717) is 26.5 Å². The highest BCUT2D eigenvalue weighted by molar-refractivity contribution is 6.35. The zero-order valence-electron chi connectivity index (χ0n) is 16.4. The molecule has 1 aromatic heterocycles. The minimum Gasteiger partial charge on any atom is -0.469 e. The first-order valence-electron chi connectivity index (χ1n) is 9.19. The zero-order valence-corrected chi connectivity index (χ0v) is 18.0. The second-order valence-corrected chi connectivity index (χ2v) is 7.30. The second kappa shape index (κ2) is 9.78. The van der Waals surface area contributed by atoms with E-state index in [1.54, 1.807) is 30.5 Å². The van der Waals surface area contributed by atoms with Gasteiger partial charge in [-0.1, -0.05) is 47.5 Å². The number of aromatic nitrogens is 1. The van der Waals surface area contributed by atoms with Crippen LogP contribution in [0.2, 0.25) is 10.0 Å². The van der Waals surface area contributed by atoms with E-state index in [-0.39, 0.29) is 17.9 Å². The van der Waals surface area contributed by atoms with Crippen molar-refractivity contribution in [2.24, 2.45) is 0 Å². The summed E-state index contributed by atoms with van der Waals surface area (Å²) in [6.07, 6.45) is 2.29. The fourth-order valence-electron chi connectivity index (χ4n) is 3.33. The largest absolute Gasteiger partial charge is 0.469 e. The first-order valence-corrected chi connectivity index (χ1v) is 9.95. The molecule has 0 amide bonds. The summed E-state index contributed by atoms with van der Waals surface area (Å²) in [5.74, 6) is -0.769. The van der Waals surface area contributed by atoms with Gasteiger partial charge in [-0.25, -0.2) is 4.79 Å². The Kier molecular flexibility index (Phi) is 7.13. The number of halogens is 2. The Morgan fingerprint density at radius 2 is 1.77 bits per heavy atom. The van der Waals surface area contributed by atoms with Crippen LogP contribution < -0.4 is 5.32 Å². The Morgan fingerprint density at radius 3 is 2.50 bits per heavy atom. The van der Waals surface area contributed by atoms with Gasteiger partial charge in [0.15, 0.2) is 0 Å². The lowest BCUT2D eigenvalue weighted by Crippen LogP contribution is -2.24. The number of rotatable bonds is 2. The number of pyridine rings is 1. The highest BCUT2D eigenvalue weighted by atomic mass is 35.5. The number of anilines is 1.